The quantitative estimate of drug-likeness (QED) is 0.663. The largest absolute Gasteiger partial charge is 0.417 e. The smallest absolute Gasteiger partial charge is 0.321 e. The van der Waals surface area contributed by atoms with Gasteiger partial charge in [0.05, 0.1) is 11.3 Å². The molecule has 0 fully saturated rings. The second-order valence-electron chi connectivity index (χ2n) is 5.37. The van der Waals surface area contributed by atoms with Gasteiger partial charge < -0.3 is 5.32 Å². The number of carbonyl (C=O) groups is 1. The molecule has 8 heteroatoms. The highest BCUT2D eigenvalue weighted by molar-refractivity contribution is 9.10. The van der Waals surface area contributed by atoms with Crippen molar-refractivity contribution in [1.29, 1.82) is 0 Å². The average Bonchev–Trinajstić information content (AvgIpc) is 2.94. The highest BCUT2D eigenvalue weighted by Gasteiger charge is 2.31. The summed E-state index contributed by atoms with van der Waals surface area (Å²) in [4.78, 5) is 16.9. The summed E-state index contributed by atoms with van der Waals surface area (Å²) in [7, 11) is 0. The van der Waals surface area contributed by atoms with Crippen molar-refractivity contribution in [3.05, 3.63) is 64.0 Å². The number of anilines is 1. The standard InChI is InChI=1S/C17H13BrF3N3O/c1-2-13-15(16(25)22-12-6-4-11(18)5-7-12)24-9-10(17(19,20)21)3-8-14(24)23-13/h3-9H,2H2,1H3,(H,22,25). The number of hydrogen-bond acceptors (Lipinski definition) is 2. The van der Waals surface area contributed by atoms with E-state index >= 15 is 0 Å². The predicted octanol–water partition coefficient (Wildman–Crippen LogP) is 4.93. The van der Waals surface area contributed by atoms with Gasteiger partial charge in [0.1, 0.15) is 11.3 Å². The number of aryl methyl sites for hydroxylation is 1. The molecule has 0 aliphatic heterocycles. The molecule has 0 saturated heterocycles. The van der Waals surface area contributed by atoms with E-state index in [1.54, 1.807) is 31.2 Å². The van der Waals surface area contributed by atoms with Crippen LogP contribution in [-0.2, 0) is 12.6 Å². The lowest BCUT2D eigenvalue weighted by Gasteiger charge is -2.09. The molecule has 0 radical (unpaired) electrons. The number of imidazole rings is 1. The van der Waals surface area contributed by atoms with Crippen molar-refractivity contribution < 1.29 is 18.0 Å². The summed E-state index contributed by atoms with van der Waals surface area (Å²) in [6, 6.07) is 9.12. The molecule has 0 atom stereocenters. The molecule has 130 valence electrons. The molecule has 0 aliphatic carbocycles. The minimum atomic E-state index is -4.50. The Morgan fingerprint density at radius 3 is 2.48 bits per heavy atom. The van der Waals surface area contributed by atoms with E-state index in [0.29, 0.717) is 23.4 Å². The van der Waals surface area contributed by atoms with Gasteiger partial charge in [-0.15, -0.1) is 0 Å². The molecule has 1 amide bonds. The summed E-state index contributed by atoms with van der Waals surface area (Å²) in [5.74, 6) is -0.508. The van der Waals surface area contributed by atoms with Gasteiger partial charge in [-0.1, -0.05) is 22.9 Å². The van der Waals surface area contributed by atoms with Gasteiger partial charge in [-0.2, -0.15) is 13.2 Å². The summed E-state index contributed by atoms with van der Waals surface area (Å²) >= 11 is 3.30. The van der Waals surface area contributed by atoms with Crippen LogP contribution < -0.4 is 5.32 Å². The zero-order chi connectivity index (χ0) is 18.2. The molecule has 0 bridgehead atoms. The van der Waals surface area contributed by atoms with Crippen molar-refractivity contribution in [3.8, 4) is 0 Å². The Balaban J connectivity index is 2.06. The fourth-order valence-corrected chi connectivity index (χ4v) is 2.74. The Morgan fingerprint density at radius 1 is 1.20 bits per heavy atom. The van der Waals surface area contributed by atoms with E-state index in [0.717, 1.165) is 16.7 Å². The zero-order valence-electron chi connectivity index (χ0n) is 13.1. The summed E-state index contributed by atoms with van der Waals surface area (Å²) < 4.78 is 41.0. The van der Waals surface area contributed by atoms with E-state index < -0.39 is 17.6 Å². The van der Waals surface area contributed by atoms with Crippen molar-refractivity contribution in [1.82, 2.24) is 9.38 Å². The Kier molecular flexibility index (Phi) is 4.55. The number of halogens is 4. The number of fused-ring (bicyclic) bond motifs is 1. The van der Waals surface area contributed by atoms with Crippen LogP contribution >= 0.6 is 15.9 Å². The molecule has 1 N–H and O–H groups in total. The van der Waals surface area contributed by atoms with Crippen LogP contribution in [0, 0.1) is 0 Å². The normalized spacial score (nSPS) is 11.7. The molecule has 3 aromatic rings. The van der Waals surface area contributed by atoms with Crippen LogP contribution in [0.15, 0.2) is 47.1 Å². The van der Waals surface area contributed by atoms with Gasteiger partial charge in [-0.25, -0.2) is 4.98 Å². The first-order valence-electron chi connectivity index (χ1n) is 7.44. The van der Waals surface area contributed by atoms with Gasteiger partial charge in [0.25, 0.3) is 5.91 Å². The fraction of sp³-hybridized carbons (Fsp3) is 0.176. The van der Waals surface area contributed by atoms with E-state index in [1.807, 2.05) is 0 Å². The lowest BCUT2D eigenvalue weighted by atomic mass is 10.2. The Hall–Kier alpha value is -2.35. The van der Waals surface area contributed by atoms with Crippen molar-refractivity contribution in [2.24, 2.45) is 0 Å². The summed E-state index contributed by atoms with van der Waals surface area (Å²) in [6.45, 7) is 1.79. The minimum Gasteiger partial charge on any atom is -0.321 e. The van der Waals surface area contributed by atoms with E-state index in [4.69, 9.17) is 0 Å². The lowest BCUT2D eigenvalue weighted by Crippen LogP contribution is -2.17. The minimum absolute atomic E-state index is 0.103. The van der Waals surface area contributed by atoms with Gasteiger partial charge in [-0.3, -0.25) is 9.20 Å². The van der Waals surface area contributed by atoms with E-state index in [1.165, 1.54) is 10.5 Å². The molecule has 4 nitrogen and oxygen atoms in total. The van der Waals surface area contributed by atoms with Crippen LogP contribution in [-0.4, -0.2) is 15.3 Å². The molecular weight excluding hydrogens is 399 g/mol. The van der Waals surface area contributed by atoms with E-state index in [-0.39, 0.29) is 5.69 Å². The first-order chi connectivity index (χ1) is 11.8. The van der Waals surface area contributed by atoms with Crippen molar-refractivity contribution in [2.45, 2.75) is 19.5 Å². The Bertz CT molecular complexity index is 933. The average molecular weight is 412 g/mol. The Morgan fingerprint density at radius 2 is 1.88 bits per heavy atom. The molecule has 2 heterocycles. The molecule has 0 aliphatic rings. The van der Waals surface area contributed by atoms with Crippen LogP contribution in [0.3, 0.4) is 0 Å². The third-order valence-corrected chi connectivity index (χ3v) is 4.20. The fourth-order valence-electron chi connectivity index (χ4n) is 2.47. The number of nitrogens with zero attached hydrogens (tertiary/aromatic N) is 2. The first-order valence-corrected chi connectivity index (χ1v) is 8.24. The third-order valence-electron chi connectivity index (χ3n) is 3.67. The van der Waals surface area contributed by atoms with Crippen LogP contribution in [0.25, 0.3) is 5.65 Å². The maximum Gasteiger partial charge on any atom is 0.417 e. The topological polar surface area (TPSA) is 46.4 Å². The number of rotatable bonds is 3. The number of pyridine rings is 1. The third kappa shape index (κ3) is 3.53. The molecule has 0 saturated carbocycles. The molecule has 0 unspecified atom stereocenters. The van der Waals surface area contributed by atoms with Gasteiger partial charge in [0.15, 0.2) is 0 Å². The van der Waals surface area contributed by atoms with Crippen molar-refractivity contribution in [2.75, 3.05) is 5.32 Å². The van der Waals surface area contributed by atoms with Crippen molar-refractivity contribution >= 4 is 33.2 Å². The predicted molar refractivity (Wildman–Crippen MR) is 91.7 cm³/mol. The maximum absolute atomic E-state index is 13.0. The van der Waals surface area contributed by atoms with Crippen molar-refractivity contribution in [3.63, 3.8) is 0 Å². The highest BCUT2D eigenvalue weighted by atomic mass is 79.9. The van der Waals surface area contributed by atoms with E-state index in [9.17, 15) is 18.0 Å². The molecule has 25 heavy (non-hydrogen) atoms. The lowest BCUT2D eigenvalue weighted by molar-refractivity contribution is -0.137. The second-order valence-corrected chi connectivity index (χ2v) is 6.28. The van der Waals surface area contributed by atoms with Gasteiger partial charge in [-0.05, 0) is 42.8 Å². The van der Waals surface area contributed by atoms with Crippen LogP contribution in [0.2, 0.25) is 0 Å². The zero-order valence-corrected chi connectivity index (χ0v) is 14.6. The summed E-state index contributed by atoms with van der Waals surface area (Å²) in [6.07, 6.45) is -3.17. The molecule has 3 rings (SSSR count). The highest BCUT2D eigenvalue weighted by Crippen LogP contribution is 2.30. The number of carbonyl (C=O) groups excluding carboxylic acids is 1. The molecule has 1 aromatic carbocycles. The number of hydrogen-bond donors (Lipinski definition) is 1. The first kappa shape index (κ1) is 17.5. The number of alkyl halides is 3. The van der Waals surface area contributed by atoms with Gasteiger partial charge in [0, 0.05) is 16.4 Å². The number of aromatic nitrogens is 2. The van der Waals surface area contributed by atoms with Crippen LogP contribution in [0.4, 0.5) is 18.9 Å². The number of nitrogens with one attached hydrogen (secondary N) is 1. The van der Waals surface area contributed by atoms with Crippen LogP contribution in [0.5, 0.6) is 0 Å². The molecule has 2 aromatic heterocycles. The molecular formula is C17H13BrF3N3O. The SMILES string of the molecule is CCc1nc2ccc(C(F)(F)F)cn2c1C(=O)Nc1ccc(Br)cc1. The monoisotopic (exact) mass is 411 g/mol. The maximum atomic E-state index is 13.0. The van der Waals surface area contributed by atoms with Crippen LogP contribution in [0.1, 0.15) is 28.7 Å². The van der Waals surface area contributed by atoms with Gasteiger partial charge >= 0.3 is 6.18 Å². The summed E-state index contributed by atoms with van der Waals surface area (Å²) in [5.41, 5.74) is 0.543. The number of benzene rings is 1. The number of amides is 1. The summed E-state index contributed by atoms with van der Waals surface area (Å²) in [5, 5.41) is 2.69. The Labute approximate surface area is 149 Å². The molecule has 0 spiro atoms. The second kappa shape index (κ2) is 6.51. The van der Waals surface area contributed by atoms with E-state index in [2.05, 4.69) is 26.2 Å². The van der Waals surface area contributed by atoms with Gasteiger partial charge in [0.2, 0.25) is 0 Å².